The van der Waals surface area contributed by atoms with Crippen molar-refractivity contribution in [2.75, 3.05) is 0 Å². The van der Waals surface area contributed by atoms with E-state index in [4.69, 9.17) is 0 Å². The van der Waals surface area contributed by atoms with Gasteiger partial charge in [-0.15, -0.1) is 0 Å². The number of halogens is 1. The molecule has 2 aromatic carbocycles. The minimum Gasteiger partial charge on any atom is -0.481 e. The Bertz CT molecular complexity index is 566. The first-order valence-electron chi connectivity index (χ1n) is 6.66. The minimum absolute atomic E-state index is 0.324. The van der Waals surface area contributed by atoms with Crippen molar-refractivity contribution in [3.05, 3.63) is 71.5 Å². The first-order chi connectivity index (χ1) is 9.65. The van der Waals surface area contributed by atoms with Crippen LogP contribution >= 0.6 is 0 Å². The fourth-order valence-corrected chi connectivity index (χ4v) is 2.25. The molecule has 1 N–H and O–H groups in total. The van der Waals surface area contributed by atoms with Crippen LogP contribution in [0.2, 0.25) is 0 Å². The molecule has 0 radical (unpaired) electrons. The second-order valence-electron chi connectivity index (χ2n) is 4.89. The van der Waals surface area contributed by atoms with Crippen molar-refractivity contribution >= 4 is 5.97 Å². The number of carboxylic acid groups (broad SMARTS) is 1. The third-order valence-corrected chi connectivity index (χ3v) is 3.34. The molecule has 0 fully saturated rings. The van der Waals surface area contributed by atoms with Gasteiger partial charge in [0, 0.05) is 0 Å². The van der Waals surface area contributed by atoms with E-state index in [9.17, 15) is 14.3 Å². The van der Waals surface area contributed by atoms with Crippen molar-refractivity contribution in [2.45, 2.75) is 19.3 Å². The highest BCUT2D eigenvalue weighted by Gasteiger charge is 2.18. The van der Waals surface area contributed by atoms with Crippen LogP contribution in [0.1, 0.15) is 17.5 Å². The van der Waals surface area contributed by atoms with Crippen LogP contribution in [-0.4, -0.2) is 11.1 Å². The number of aryl methyl sites for hydroxylation is 1. The smallest absolute Gasteiger partial charge is 0.306 e. The van der Waals surface area contributed by atoms with E-state index in [0.29, 0.717) is 19.3 Å². The number of aliphatic carboxylic acids is 1. The van der Waals surface area contributed by atoms with Crippen LogP contribution in [0.5, 0.6) is 0 Å². The first-order valence-corrected chi connectivity index (χ1v) is 6.66. The number of benzene rings is 2. The van der Waals surface area contributed by atoms with Gasteiger partial charge in [-0.2, -0.15) is 0 Å². The molecule has 0 bridgehead atoms. The highest BCUT2D eigenvalue weighted by Crippen LogP contribution is 2.16. The van der Waals surface area contributed by atoms with E-state index < -0.39 is 11.9 Å². The molecule has 2 rings (SSSR count). The summed E-state index contributed by atoms with van der Waals surface area (Å²) in [6, 6.07) is 15.9. The number of rotatable bonds is 6. The first kappa shape index (κ1) is 14.3. The van der Waals surface area contributed by atoms with Gasteiger partial charge in [0.15, 0.2) is 0 Å². The molecule has 1 unspecified atom stereocenters. The van der Waals surface area contributed by atoms with Crippen LogP contribution in [0.25, 0.3) is 0 Å². The number of hydrogen-bond acceptors (Lipinski definition) is 1. The monoisotopic (exact) mass is 272 g/mol. The van der Waals surface area contributed by atoms with E-state index in [0.717, 1.165) is 11.1 Å². The molecule has 0 aliphatic heterocycles. The lowest BCUT2D eigenvalue weighted by molar-refractivity contribution is -0.141. The summed E-state index contributed by atoms with van der Waals surface area (Å²) in [5.74, 6) is -1.64. The Balaban J connectivity index is 1.99. The second-order valence-corrected chi connectivity index (χ2v) is 4.89. The molecule has 0 aliphatic rings. The van der Waals surface area contributed by atoms with E-state index in [1.165, 1.54) is 12.1 Å². The Kier molecular flexibility index (Phi) is 4.88. The minimum atomic E-state index is -0.829. The molecule has 0 aromatic heterocycles. The zero-order valence-electron chi connectivity index (χ0n) is 11.1. The van der Waals surface area contributed by atoms with Crippen molar-refractivity contribution in [1.29, 1.82) is 0 Å². The summed E-state index contributed by atoms with van der Waals surface area (Å²) in [4.78, 5) is 11.3. The summed E-state index contributed by atoms with van der Waals surface area (Å²) >= 11 is 0. The molecule has 0 aliphatic carbocycles. The lowest BCUT2D eigenvalue weighted by atomic mass is 9.93. The van der Waals surface area contributed by atoms with Crippen molar-refractivity contribution < 1.29 is 14.3 Å². The van der Waals surface area contributed by atoms with Crippen LogP contribution in [0.3, 0.4) is 0 Å². The average Bonchev–Trinajstić information content (AvgIpc) is 2.44. The van der Waals surface area contributed by atoms with Crippen LogP contribution in [0.15, 0.2) is 54.6 Å². The van der Waals surface area contributed by atoms with Gasteiger partial charge in [0.05, 0.1) is 5.92 Å². The summed E-state index contributed by atoms with van der Waals surface area (Å²) in [7, 11) is 0. The van der Waals surface area contributed by atoms with Crippen molar-refractivity contribution in [3.8, 4) is 0 Å². The Hall–Kier alpha value is -2.16. The normalized spacial score (nSPS) is 12.1. The van der Waals surface area contributed by atoms with Crippen LogP contribution < -0.4 is 0 Å². The molecule has 0 saturated heterocycles. The Labute approximate surface area is 117 Å². The van der Waals surface area contributed by atoms with E-state index in [1.807, 2.05) is 30.3 Å². The quantitative estimate of drug-likeness (QED) is 0.870. The van der Waals surface area contributed by atoms with Gasteiger partial charge in [-0.3, -0.25) is 4.79 Å². The third kappa shape index (κ3) is 4.19. The number of hydrogen-bond donors (Lipinski definition) is 1. The van der Waals surface area contributed by atoms with Crippen molar-refractivity contribution in [1.82, 2.24) is 0 Å². The summed E-state index contributed by atoms with van der Waals surface area (Å²) in [6.07, 6.45) is 1.63. The van der Waals surface area contributed by atoms with Crippen molar-refractivity contribution in [3.63, 3.8) is 0 Å². The number of carboxylic acids is 1. The van der Waals surface area contributed by atoms with E-state index >= 15 is 0 Å². The molecule has 1 atom stereocenters. The predicted octanol–water partition coefficient (Wildman–Crippen LogP) is 3.70. The van der Waals surface area contributed by atoms with Gasteiger partial charge in [0.2, 0.25) is 0 Å². The Morgan fingerprint density at radius 1 is 1.05 bits per heavy atom. The van der Waals surface area contributed by atoms with Crippen LogP contribution in [0, 0.1) is 11.7 Å². The van der Waals surface area contributed by atoms with E-state index in [2.05, 4.69) is 0 Å². The highest BCUT2D eigenvalue weighted by atomic mass is 19.1. The molecule has 3 heteroatoms. The van der Waals surface area contributed by atoms with Gasteiger partial charge in [0.1, 0.15) is 5.82 Å². The average molecular weight is 272 g/mol. The summed E-state index contributed by atoms with van der Waals surface area (Å²) in [5, 5.41) is 9.29. The SMILES string of the molecule is O=C(O)C(CCc1ccccc1)Cc1cccc(F)c1. The van der Waals surface area contributed by atoms with Gasteiger partial charge >= 0.3 is 5.97 Å². The lowest BCUT2D eigenvalue weighted by Gasteiger charge is -2.12. The molecule has 0 spiro atoms. The van der Waals surface area contributed by atoms with Gasteiger partial charge < -0.3 is 5.11 Å². The lowest BCUT2D eigenvalue weighted by Crippen LogP contribution is -2.17. The maximum atomic E-state index is 13.1. The Morgan fingerprint density at radius 3 is 2.40 bits per heavy atom. The molecular weight excluding hydrogens is 255 g/mol. The zero-order valence-corrected chi connectivity index (χ0v) is 11.1. The molecule has 104 valence electrons. The van der Waals surface area contributed by atoms with E-state index in [-0.39, 0.29) is 5.82 Å². The summed E-state index contributed by atoms with van der Waals surface area (Å²) < 4.78 is 13.1. The highest BCUT2D eigenvalue weighted by molar-refractivity contribution is 5.70. The predicted molar refractivity (Wildman–Crippen MR) is 76.0 cm³/mol. The fraction of sp³-hybridized carbons (Fsp3) is 0.235. The van der Waals surface area contributed by atoms with Crippen LogP contribution in [0.4, 0.5) is 4.39 Å². The van der Waals surface area contributed by atoms with E-state index in [1.54, 1.807) is 12.1 Å². The Morgan fingerprint density at radius 2 is 1.75 bits per heavy atom. The molecule has 2 nitrogen and oxygen atoms in total. The molecule has 0 saturated carbocycles. The molecular formula is C17H17FO2. The largest absolute Gasteiger partial charge is 0.481 e. The second kappa shape index (κ2) is 6.85. The van der Waals surface area contributed by atoms with Gasteiger partial charge in [-0.05, 0) is 42.5 Å². The molecule has 0 amide bonds. The molecule has 0 heterocycles. The topological polar surface area (TPSA) is 37.3 Å². The summed E-state index contributed by atoms with van der Waals surface area (Å²) in [5.41, 5.74) is 1.85. The maximum absolute atomic E-state index is 13.1. The van der Waals surface area contributed by atoms with Crippen molar-refractivity contribution in [2.24, 2.45) is 5.92 Å². The zero-order chi connectivity index (χ0) is 14.4. The molecule has 2 aromatic rings. The van der Waals surface area contributed by atoms with Gasteiger partial charge in [-0.1, -0.05) is 42.5 Å². The van der Waals surface area contributed by atoms with Crippen LogP contribution in [-0.2, 0) is 17.6 Å². The van der Waals surface area contributed by atoms with Gasteiger partial charge in [-0.25, -0.2) is 4.39 Å². The summed E-state index contributed by atoms with van der Waals surface area (Å²) in [6.45, 7) is 0. The third-order valence-electron chi connectivity index (χ3n) is 3.34. The maximum Gasteiger partial charge on any atom is 0.306 e. The molecule has 20 heavy (non-hydrogen) atoms. The van der Waals surface area contributed by atoms with Gasteiger partial charge in [0.25, 0.3) is 0 Å². The standard InChI is InChI=1S/C17H17FO2/c18-16-8-4-7-14(12-16)11-15(17(19)20)10-9-13-5-2-1-3-6-13/h1-8,12,15H,9-11H2,(H,19,20). The number of carbonyl (C=O) groups is 1. The fourth-order valence-electron chi connectivity index (χ4n) is 2.25.